The highest BCUT2D eigenvalue weighted by molar-refractivity contribution is 9.10. The number of nitrogens with zero attached hydrogens (tertiary/aromatic N) is 3. The summed E-state index contributed by atoms with van der Waals surface area (Å²) in [7, 11) is 0. The van der Waals surface area contributed by atoms with E-state index >= 15 is 0 Å². The number of ketones is 1. The lowest BCUT2D eigenvalue weighted by atomic mass is 9.99. The fourth-order valence-electron chi connectivity index (χ4n) is 3.59. The molecule has 4 aromatic rings. The minimum absolute atomic E-state index is 0.0945. The third kappa shape index (κ3) is 4.66. The van der Waals surface area contributed by atoms with Gasteiger partial charge in [-0.2, -0.15) is 0 Å². The molecular formula is C24H15BrFN3O4S2. The van der Waals surface area contributed by atoms with Crippen molar-refractivity contribution in [2.24, 2.45) is 0 Å². The van der Waals surface area contributed by atoms with Crippen LogP contribution >= 0.6 is 39.0 Å². The number of carbonyl (C=O) groups excluding carboxylic acids is 2. The molecule has 176 valence electrons. The first-order valence-electron chi connectivity index (χ1n) is 10.2. The van der Waals surface area contributed by atoms with Crippen LogP contribution in [0.25, 0.3) is 5.76 Å². The number of Topliss-reactive ketones (excluding diaryl/α,β-unsaturated/α-hetero) is 1. The SMILES string of the molecule is O=C1C(=O)N(c2nnc(SCc3ccc(F)cc3)s2)C(c2ccco2)/C1=C(/O)c1ccc(Br)cc1. The molecule has 1 saturated heterocycles. The van der Waals surface area contributed by atoms with Crippen molar-refractivity contribution in [3.8, 4) is 0 Å². The molecule has 2 aromatic carbocycles. The molecule has 1 aliphatic heterocycles. The van der Waals surface area contributed by atoms with Gasteiger partial charge >= 0.3 is 5.91 Å². The number of anilines is 1. The van der Waals surface area contributed by atoms with E-state index in [0.717, 1.165) is 21.4 Å². The molecule has 0 spiro atoms. The average Bonchev–Trinajstić information content (AvgIpc) is 3.60. The van der Waals surface area contributed by atoms with E-state index in [-0.39, 0.29) is 22.3 Å². The zero-order chi connectivity index (χ0) is 24.5. The van der Waals surface area contributed by atoms with E-state index < -0.39 is 17.7 Å². The molecule has 1 N–H and O–H groups in total. The Labute approximate surface area is 215 Å². The molecule has 1 amide bonds. The molecule has 0 aliphatic carbocycles. The van der Waals surface area contributed by atoms with Crippen LogP contribution in [0.3, 0.4) is 0 Å². The second-order valence-electron chi connectivity index (χ2n) is 7.46. The van der Waals surface area contributed by atoms with Gasteiger partial charge in [0, 0.05) is 15.8 Å². The van der Waals surface area contributed by atoms with Crippen LogP contribution in [0, 0.1) is 5.82 Å². The van der Waals surface area contributed by atoms with Gasteiger partial charge in [0.05, 0.1) is 11.8 Å². The smallest absolute Gasteiger partial charge is 0.302 e. The number of hydrogen-bond acceptors (Lipinski definition) is 8. The van der Waals surface area contributed by atoms with Crippen molar-refractivity contribution in [1.29, 1.82) is 0 Å². The predicted molar refractivity (Wildman–Crippen MR) is 134 cm³/mol. The van der Waals surface area contributed by atoms with E-state index in [1.54, 1.807) is 48.5 Å². The van der Waals surface area contributed by atoms with Crippen molar-refractivity contribution < 1.29 is 23.5 Å². The number of furan rings is 1. The standard InChI is InChI=1S/C24H15BrFN3O4S2/c25-15-7-5-14(6-8-15)20(30)18-19(17-2-1-11-33-17)29(22(32)21(18)31)23-27-28-24(35-23)34-12-13-3-9-16(26)10-4-13/h1-11,19,30H,12H2/b20-18-. The summed E-state index contributed by atoms with van der Waals surface area (Å²) in [6, 6.07) is 15.1. The summed E-state index contributed by atoms with van der Waals surface area (Å²) < 4.78 is 20.1. The first kappa shape index (κ1) is 23.5. The summed E-state index contributed by atoms with van der Waals surface area (Å²) in [5, 5.41) is 19.5. The molecule has 11 heteroatoms. The topological polar surface area (TPSA) is 96.5 Å². The van der Waals surface area contributed by atoms with Crippen LogP contribution in [-0.2, 0) is 15.3 Å². The molecule has 1 fully saturated rings. The fourth-order valence-corrected chi connectivity index (χ4v) is 5.68. The number of carbonyl (C=O) groups is 2. The van der Waals surface area contributed by atoms with Gasteiger partial charge in [-0.15, -0.1) is 10.2 Å². The normalized spacial score (nSPS) is 17.3. The van der Waals surface area contributed by atoms with Gasteiger partial charge in [0.1, 0.15) is 23.4 Å². The van der Waals surface area contributed by atoms with Gasteiger partial charge in [-0.25, -0.2) is 4.39 Å². The molecule has 0 radical (unpaired) electrons. The summed E-state index contributed by atoms with van der Waals surface area (Å²) in [4.78, 5) is 27.4. The van der Waals surface area contributed by atoms with Crippen LogP contribution in [0.5, 0.6) is 0 Å². The maximum Gasteiger partial charge on any atom is 0.302 e. The van der Waals surface area contributed by atoms with E-state index in [0.29, 0.717) is 21.4 Å². The number of benzene rings is 2. The van der Waals surface area contributed by atoms with Crippen molar-refractivity contribution in [3.63, 3.8) is 0 Å². The third-order valence-electron chi connectivity index (χ3n) is 5.25. The first-order chi connectivity index (χ1) is 16.9. The van der Waals surface area contributed by atoms with Crippen LogP contribution in [0.2, 0.25) is 0 Å². The van der Waals surface area contributed by atoms with Crippen LogP contribution in [0.1, 0.15) is 22.9 Å². The molecule has 2 aromatic heterocycles. The summed E-state index contributed by atoms with van der Waals surface area (Å²) in [5.41, 5.74) is 1.19. The Hall–Kier alpha value is -3.28. The Balaban J connectivity index is 1.49. The highest BCUT2D eigenvalue weighted by Gasteiger charge is 2.49. The second kappa shape index (κ2) is 9.76. The molecular weight excluding hydrogens is 557 g/mol. The number of amides is 1. The van der Waals surface area contributed by atoms with Crippen molar-refractivity contribution >= 4 is 61.6 Å². The summed E-state index contributed by atoms with van der Waals surface area (Å²) >= 11 is 5.86. The fraction of sp³-hybridized carbons (Fsp3) is 0.0833. The van der Waals surface area contributed by atoms with Gasteiger partial charge in [0.15, 0.2) is 4.34 Å². The van der Waals surface area contributed by atoms with Crippen LogP contribution in [0.15, 0.2) is 85.7 Å². The zero-order valence-electron chi connectivity index (χ0n) is 17.7. The highest BCUT2D eigenvalue weighted by Crippen LogP contribution is 2.44. The molecule has 3 heterocycles. The number of rotatable bonds is 6. The van der Waals surface area contributed by atoms with Crippen molar-refractivity contribution in [3.05, 3.63) is 99.7 Å². The quantitative estimate of drug-likeness (QED) is 0.100. The van der Waals surface area contributed by atoms with Gasteiger partial charge < -0.3 is 9.52 Å². The Kier molecular flexibility index (Phi) is 6.54. The molecule has 5 rings (SSSR count). The number of halogens is 2. The van der Waals surface area contributed by atoms with E-state index in [1.165, 1.54) is 35.1 Å². The van der Waals surface area contributed by atoms with Crippen molar-refractivity contribution in [1.82, 2.24) is 10.2 Å². The summed E-state index contributed by atoms with van der Waals surface area (Å²) in [5.74, 6) is -1.47. The number of aromatic nitrogens is 2. The first-order valence-corrected chi connectivity index (χ1v) is 12.8. The lowest BCUT2D eigenvalue weighted by Crippen LogP contribution is -2.29. The van der Waals surface area contributed by atoms with E-state index in [1.807, 2.05) is 0 Å². The number of aliphatic hydroxyl groups excluding tert-OH is 1. The number of hydrogen-bond donors (Lipinski definition) is 1. The second-order valence-corrected chi connectivity index (χ2v) is 10.6. The van der Waals surface area contributed by atoms with Crippen molar-refractivity contribution in [2.75, 3.05) is 4.90 Å². The molecule has 0 bridgehead atoms. The monoisotopic (exact) mass is 571 g/mol. The van der Waals surface area contributed by atoms with Gasteiger partial charge in [-0.05, 0) is 42.0 Å². The maximum atomic E-state index is 13.1. The highest BCUT2D eigenvalue weighted by atomic mass is 79.9. The van der Waals surface area contributed by atoms with Crippen molar-refractivity contribution in [2.45, 2.75) is 16.1 Å². The molecule has 1 aliphatic rings. The van der Waals surface area contributed by atoms with E-state index in [9.17, 15) is 19.1 Å². The Morgan fingerprint density at radius 1 is 1.11 bits per heavy atom. The molecule has 0 saturated carbocycles. The summed E-state index contributed by atoms with van der Waals surface area (Å²) in [6.07, 6.45) is 1.43. The molecule has 1 atom stereocenters. The minimum Gasteiger partial charge on any atom is -0.507 e. The van der Waals surface area contributed by atoms with Gasteiger partial charge in [0.2, 0.25) is 5.13 Å². The predicted octanol–water partition coefficient (Wildman–Crippen LogP) is 5.95. The summed E-state index contributed by atoms with van der Waals surface area (Å²) in [6.45, 7) is 0. The molecule has 7 nitrogen and oxygen atoms in total. The minimum atomic E-state index is -1.00. The lowest BCUT2D eigenvalue weighted by molar-refractivity contribution is -0.132. The van der Waals surface area contributed by atoms with Crippen LogP contribution in [0.4, 0.5) is 9.52 Å². The van der Waals surface area contributed by atoms with Crippen LogP contribution < -0.4 is 4.90 Å². The Morgan fingerprint density at radius 2 is 1.86 bits per heavy atom. The van der Waals surface area contributed by atoms with E-state index in [4.69, 9.17) is 4.42 Å². The zero-order valence-corrected chi connectivity index (χ0v) is 20.9. The largest absolute Gasteiger partial charge is 0.507 e. The molecule has 35 heavy (non-hydrogen) atoms. The lowest BCUT2D eigenvalue weighted by Gasteiger charge is -2.20. The number of thioether (sulfide) groups is 1. The average molecular weight is 572 g/mol. The third-order valence-corrected chi connectivity index (χ3v) is 7.91. The van der Waals surface area contributed by atoms with E-state index in [2.05, 4.69) is 26.1 Å². The van der Waals surface area contributed by atoms with Gasteiger partial charge in [0.25, 0.3) is 5.78 Å². The molecule has 1 unspecified atom stereocenters. The van der Waals surface area contributed by atoms with Gasteiger partial charge in [-0.3, -0.25) is 14.5 Å². The van der Waals surface area contributed by atoms with Gasteiger partial charge in [-0.1, -0.05) is 63.3 Å². The maximum absolute atomic E-state index is 13.1. The van der Waals surface area contributed by atoms with Crippen LogP contribution in [-0.4, -0.2) is 27.0 Å². The number of aliphatic hydroxyl groups is 1. The Bertz CT molecular complexity index is 1420. The Morgan fingerprint density at radius 3 is 2.54 bits per heavy atom.